The summed E-state index contributed by atoms with van der Waals surface area (Å²) in [5.74, 6) is 0.716. The van der Waals surface area contributed by atoms with Crippen molar-refractivity contribution in [2.75, 3.05) is 18.4 Å². The van der Waals surface area contributed by atoms with Crippen LogP contribution < -0.4 is 25.3 Å². The van der Waals surface area contributed by atoms with Gasteiger partial charge in [0, 0.05) is 0 Å². The molecule has 1 aliphatic rings. The van der Waals surface area contributed by atoms with E-state index < -0.39 is 21.7 Å². The number of carbonyl (C=O) groups is 1. The van der Waals surface area contributed by atoms with Crippen LogP contribution in [-0.2, 0) is 0 Å². The molecule has 1 unspecified atom stereocenters. The number of nitrogens with one attached hydrogen (secondary N) is 2. The average molecular weight is 485 g/mol. The molecular weight excluding hydrogens is 463 g/mol. The van der Waals surface area contributed by atoms with Crippen molar-refractivity contribution in [1.82, 2.24) is 20.3 Å². The Morgan fingerprint density at radius 3 is 2.83 bits per heavy atom. The van der Waals surface area contributed by atoms with E-state index in [9.17, 15) is 4.79 Å². The molecule has 30 heavy (non-hydrogen) atoms. The summed E-state index contributed by atoms with van der Waals surface area (Å²) in [6.07, 6.45) is 1.02. The summed E-state index contributed by atoms with van der Waals surface area (Å²) < 4.78 is 1.81. The maximum atomic E-state index is 11.6. The van der Waals surface area contributed by atoms with E-state index in [4.69, 9.17) is 27.3 Å². The molecule has 0 spiro atoms. The molecule has 0 saturated carbocycles. The molecule has 1 fully saturated rings. The fourth-order valence-corrected chi connectivity index (χ4v) is 5.68. The Labute approximate surface area is 186 Å². The van der Waals surface area contributed by atoms with Crippen LogP contribution in [0.1, 0.15) is 22.3 Å². The summed E-state index contributed by atoms with van der Waals surface area (Å²) in [5, 5.41) is 7.39. The molecule has 4 N–H and O–H groups in total. The third kappa shape index (κ3) is 4.98. The van der Waals surface area contributed by atoms with E-state index in [1.165, 1.54) is 0 Å². The first kappa shape index (κ1) is 20.8. The second-order valence-electron chi connectivity index (χ2n) is 7.17. The van der Waals surface area contributed by atoms with Crippen LogP contribution in [0, 0.1) is 6.92 Å². The SMILES string of the molecule is Cc1ccc(C(N)=O)cc1[AsH]c1nc(N[C@@H]2CCNC2)nc(-c2cccc(Cl)c2)n1. The summed E-state index contributed by atoms with van der Waals surface area (Å²) in [6, 6.07) is 13.3. The number of nitrogens with zero attached hydrogens (tertiary/aromatic N) is 3. The zero-order valence-electron chi connectivity index (χ0n) is 16.4. The van der Waals surface area contributed by atoms with Crippen LogP contribution in [0.3, 0.4) is 0 Å². The number of hydrogen-bond donors (Lipinski definition) is 3. The van der Waals surface area contributed by atoms with Crippen LogP contribution in [-0.4, -0.2) is 55.7 Å². The van der Waals surface area contributed by atoms with Gasteiger partial charge in [0.2, 0.25) is 0 Å². The number of primary amides is 1. The molecule has 0 aliphatic carbocycles. The maximum absolute atomic E-state index is 11.6. The van der Waals surface area contributed by atoms with Gasteiger partial charge in [-0.1, -0.05) is 0 Å². The van der Waals surface area contributed by atoms with E-state index in [-0.39, 0.29) is 6.04 Å². The second-order valence-corrected chi connectivity index (χ2v) is 10.2. The van der Waals surface area contributed by atoms with Gasteiger partial charge in [0.15, 0.2) is 0 Å². The Morgan fingerprint density at radius 2 is 2.10 bits per heavy atom. The number of carbonyl (C=O) groups excluding carboxylic acids is 1. The van der Waals surface area contributed by atoms with Gasteiger partial charge < -0.3 is 0 Å². The molecule has 2 heterocycles. The molecule has 4 rings (SSSR count). The molecule has 1 aromatic heterocycles. The van der Waals surface area contributed by atoms with Crippen molar-refractivity contribution < 1.29 is 4.79 Å². The number of hydrogen-bond acceptors (Lipinski definition) is 6. The van der Waals surface area contributed by atoms with Crippen molar-refractivity contribution in [3.8, 4) is 11.4 Å². The molecule has 2 atom stereocenters. The van der Waals surface area contributed by atoms with Crippen molar-refractivity contribution in [1.29, 1.82) is 0 Å². The van der Waals surface area contributed by atoms with Gasteiger partial charge in [0.05, 0.1) is 0 Å². The average Bonchev–Trinajstić information content (AvgIpc) is 3.22. The summed E-state index contributed by atoms with van der Waals surface area (Å²) in [6.45, 7) is 3.87. The van der Waals surface area contributed by atoms with Gasteiger partial charge in [-0.2, -0.15) is 0 Å². The van der Waals surface area contributed by atoms with Gasteiger partial charge in [-0.25, -0.2) is 0 Å². The minimum atomic E-state index is -0.911. The zero-order valence-corrected chi connectivity index (χ0v) is 19.3. The molecule has 3 aromatic rings. The van der Waals surface area contributed by atoms with Gasteiger partial charge >= 0.3 is 187 Å². The Hall–Kier alpha value is -2.47. The number of halogens is 1. The summed E-state index contributed by atoms with van der Waals surface area (Å²) >= 11 is 5.27. The van der Waals surface area contributed by atoms with E-state index in [1.54, 1.807) is 6.07 Å². The predicted octanol–water partition coefficient (Wildman–Crippen LogP) is 0.760. The van der Waals surface area contributed by atoms with Crippen LogP contribution in [0.25, 0.3) is 11.4 Å². The quantitative estimate of drug-likeness (QED) is 0.446. The number of nitrogens with two attached hydrogens (primary N) is 1. The van der Waals surface area contributed by atoms with E-state index in [0.29, 0.717) is 22.4 Å². The van der Waals surface area contributed by atoms with Crippen LogP contribution in [0.4, 0.5) is 5.95 Å². The van der Waals surface area contributed by atoms with Crippen molar-refractivity contribution in [2.24, 2.45) is 5.73 Å². The summed E-state index contributed by atoms with van der Waals surface area (Å²) in [5.41, 5.74) is 7.90. The Balaban J connectivity index is 1.72. The van der Waals surface area contributed by atoms with Crippen LogP contribution in [0.15, 0.2) is 42.5 Å². The molecular formula is C21H22AsClN6O. The van der Waals surface area contributed by atoms with Gasteiger partial charge in [-0.3, -0.25) is 0 Å². The van der Waals surface area contributed by atoms with Gasteiger partial charge in [0.1, 0.15) is 0 Å². The Kier molecular flexibility index (Phi) is 6.32. The van der Waals surface area contributed by atoms with E-state index >= 15 is 0 Å². The van der Waals surface area contributed by atoms with Crippen LogP contribution >= 0.6 is 11.6 Å². The monoisotopic (exact) mass is 484 g/mol. The number of anilines is 1. The first-order valence-electron chi connectivity index (χ1n) is 9.65. The van der Waals surface area contributed by atoms with Gasteiger partial charge in [-0.15, -0.1) is 0 Å². The normalized spacial score (nSPS) is 16.3. The topological polar surface area (TPSA) is 106 Å². The number of aromatic nitrogens is 3. The first-order valence-corrected chi connectivity index (χ1v) is 12.1. The zero-order chi connectivity index (χ0) is 21.1. The van der Waals surface area contributed by atoms with E-state index in [2.05, 4.69) is 15.6 Å². The first-order chi connectivity index (χ1) is 14.5. The number of benzene rings is 2. The molecule has 2 aromatic carbocycles. The van der Waals surface area contributed by atoms with E-state index in [1.807, 2.05) is 43.3 Å². The number of rotatable bonds is 6. The van der Waals surface area contributed by atoms with Crippen molar-refractivity contribution in [2.45, 2.75) is 19.4 Å². The summed E-state index contributed by atoms with van der Waals surface area (Å²) in [7, 11) is 0. The molecule has 7 nitrogen and oxygen atoms in total. The number of amides is 1. The van der Waals surface area contributed by atoms with Crippen molar-refractivity contribution >= 4 is 48.2 Å². The molecule has 1 aliphatic heterocycles. The molecule has 9 heteroatoms. The second kappa shape index (κ2) is 9.12. The fraction of sp³-hybridized carbons (Fsp3) is 0.238. The van der Waals surface area contributed by atoms with E-state index in [0.717, 1.165) is 39.6 Å². The van der Waals surface area contributed by atoms with Crippen molar-refractivity contribution in [3.63, 3.8) is 0 Å². The predicted molar refractivity (Wildman–Crippen MR) is 121 cm³/mol. The van der Waals surface area contributed by atoms with Crippen LogP contribution in [0.2, 0.25) is 5.02 Å². The summed E-state index contributed by atoms with van der Waals surface area (Å²) in [4.78, 5) is 25.7. The third-order valence-electron chi connectivity index (χ3n) is 4.88. The molecule has 1 saturated heterocycles. The minimum absolute atomic E-state index is 0.285. The van der Waals surface area contributed by atoms with Gasteiger partial charge in [-0.05, 0) is 0 Å². The molecule has 154 valence electrons. The van der Waals surface area contributed by atoms with Crippen LogP contribution in [0.5, 0.6) is 0 Å². The van der Waals surface area contributed by atoms with Gasteiger partial charge in [0.25, 0.3) is 0 Å². The fourth-order valence-electron chi connectivity index (χ4n) is 3.24. The Bertz CT molecular complexity index is 1090. The van der Waals surface area contributed by atoms with Crippen molar-refractivity contribution in [3.05, 3.63) is 58.6 Å². The molecule has 0 radical (unpaired) electrons. The Morgan fingerprint density at radius 1 is 1.23 bits per heavy atom. The third-order valence-corrected chi connectivity index (χ3v) is 7.75. The number of aryl methyl sites for hydroxylation is 1. The standard InChI is InChI=1S/C21H22AsClN6O/c1-12-5-6-13(18(24)30)10-17(12)22-20-27-19(14-3-2-4-15(23)9-14)28-21(29-20)26-16-7-8-25-11-16/h2-6,9-10,16,22,25H,7-8,11H2,1H3,(H2,24,30)(H,26,27,28,29)/t16-/m1/s1. The molecule has 0 bridgehead atoms. The molecule has 1 amide bonds.